The van der Waals surface area contributed by atoms with Gasteiger partial charge in [0, 0.05) is 24.0 Å². The summed E-state index contributed by atoms with van der Waals surface area (Å²) in [5.41, 5.74) is 5.41. The fourth-order valence-electron chi connectivity index (χ4n) is 6.40. The van der Waals surface area contributed by atoms with E-state index in [4.69, 9.17) is 9.84 Å². The average molecular weight is 566 g/mol. The van der Waals surface area contributed by atoms with Crippen molar-refractivity contribution in [2.24, 2.45) is 0 Å². The molecule has 7 rings (SSSR count). The van der Waals surface area contributed by atoms with Crippen LogP contribution in [-0.2, 0) is 5.54 Å². The molecule has 3 heterocycles. The van der Waals surface area contributed by atoms with Crippen LogP contribution in [0.2, 0.25) is 0 Å². The van der Waals surface area contributed by atoms with E-state index in [1.165, 1.54) is 12.8 Å². The Labute approximate surface area is 252 Å². The summed E-state index contributed by atoms with van der Waals surface area (Å²) in [5, 5.41) is 15.5. The lowest BCUT2D eigenvalue weighted by molar-refractivity contribution is 0.243. The van der Waals surface area contributed by atoms with E-state index in [-0.39, 0.29) is 6.10 Å². The molecule has 6 heteroatoms. The molecule has 0 aliphatic carbocycles. The van der Waals surface area contributed by atoms with Crippen LogP contribution in [0.3, 0.4) is 0 Å². The van der Waals surface area contributed by atoms with Crippen LogP contribution in [-0.4, -0.2) is 39.2 Å². The summed E-state index contributed by atoms with van der Waals surface area (Å²) in [6.45, 7) is 6.10. The lowest BCUT2D eigenvalue weighted by Gasteiger charge is -2.37. The highest BCUT2D eigenvalue weighted by Crippen LogP contribution is 2.44. The van der Waals surface area contributed by atoms with Crippen molar-refractivity contribution in [3.8, 4) is 17.0 Å². The Morgan fingerprint density at radius 2 is 1.30 bits per heavy atom. The van der Waals surface area contributed by atoms with Gasteiger partial charge < -0.3 is 9.64 Å². The number of fused-ring (bicyclic) bond motifs is 1. The molecule has 0 spiro atoms. The second kappa shape index (κ2) is 11.4. The number of rotatable bonds is 8. The fraction of sp³-hybridized carbons (Fsp3) is 0.216. The zero-order chi connectivity index (χ0) is 29.2. The van der Waals surface area contributed by atoms with Gasteiger partial charge in [0.1, 0.15) is 17.0 Å². The molecule has 6 nitrogen and oxygen atoms in total. The topological polar surface area (TPSA) is 56.1 Å². The second-order valence-electron chi connectivity index (χ2n) is 11.4. The number of hydrogen-bond acceptors (Lipinski definition) is 5. The molecule has 0 amide bonds. The zero-order valence-corrected chi connectivity index (χ0v) is 24.6. The van der Waals surface area contributed by atoms with Gasteiger partial charge in [0.2, 0.25) is 0 Å². The van der Waals surface area contributed by atoms with Gasteiger partial charge in [-0.2, -0.15) is 10.2 Å². The lowest BCUT2D eigenvalue weighted by Crippen LogP contribution is -2.38. The van der Waals surface area contributed by atoms with E-state index in [0.29, 0.717) is 0 Å². The molecule has 0 atom stereocenters. The molecule has 43 heavy (non-hydrogen) atoms. The van der Waals surface area contributed by atoms with Crippen LogP contribution in [0.5, 0.6) is 5.75 Å². The summed E-state index contributed by atoms with van der Waals surface area (Å²) in [6, 6.07) is 40.4. The summed E-state index contributed by atoms with van der Waals surface area (Å²) >= 11 is 0. The first-order chi connectivity index (χ1) is 21.1. The zero-order valence-electron chi connectivity index (χ0n) is 24.6. The first kappa shape index (κ1) is 26.9. The van der Waals surface area contributed by atoms with Crippen LogP contribution in [0.15, 0.2) is 121 Å². The molecule has 0 N–H and O–H groups in total. The van der Waals surface area contributed by atoms with Gasteiger partial charge in [-0.3, -0.25) is 0 Å². The van der Waals surface area contributed by atoms with E-state index in [2.05, 4.69) is 149 Å². The van der Waals surface area contributed by atoms with Crippen LogP contribution in [0, 0.1) is 0 Å². The highest BCUT2D eigenvalue weighted by atomic mass is 16.5. The van der Waals surface area contributed by atoms with Crippen LogP contribution in [0.4, 0.5) is 5.82 Å². The number of ether oxygens (including phenoxy) is 1. The van der Waals surface area contributed by atoms with Crippen molar-refractivity contribution in [3.63, 3.8) is 0 Å². The predicted molar refractivity (Wildman–Crippen MR) is 173 cm³/mol. The number of aromatic nitrogens is 4. The van der Waals surface area contributed by atoms with E-state index in [1.807, 2.05) is 6.20 Å². The van der Waals surface area contributed by atoms with Gasteiger partial charge in [-0.1, -0.05) is 91.0 Å². The molecule has 0 bridgehead atoms. The Morgan fingerprint density at radius 3 is 1.86 bits per heavy atom. The largest absolute Gasteiger partial charge is 0.491 e. The van der Waals surface area contributed by atoms with E-state index in [0.717, 1.165) is 63.5 Å². The van der Waals surface area contributed by atoms with Gasteiger partial charge in [0.05, 0.1) is 17.8 Å². The van der Waals surface area contributed by atoms with E-state index < -0.39 is 5.54 Å². The van der Waals surface area contributed by atoms with Gasteiger partial charge in [0.15, 0.2) is 5.82 Å². The van der Waals surface area contributed by atoms with E-state index in [1.54, 1.807) is 0 Å². The highest BCUT2D eigenvalue weighted by molar-refractivity contribution is 5.95. The SMILES string of the molecule is CC(C)Oc1ccc2c(c1)c(-c1cnnc(N3CCCC3)c1)nn2C(c1ccccc1)(c1ccccc1)c1ccccc1. The Bertz CT molecular complexity index is 1730. The van der Waals surface area contributed by atoms with Crippen molar-refractivity contribution in [1.29, 1.82) is 0 Å². The maximum Gasteiger partial charge on any atom is 0.151 e. The van der Waals surface area contributed by atoms with Gasteiger partial charge in [-0.25, -0.2) is 4.68 Å². The molecule has 0 radical (unpaired) electrons. The molecule has 1 fully saturated rings. The Morgan fingerprint density at radius 1 is 0.721 bits per heavy atom. The van der Waals surface area contributed by atoms with Gasteiger partial charge >= 0.3 is 0 Å². The third kappa shape index (κ3) is 4.83. The van der Waals surface area contributed by atoms with Gasteiger partial charge in [-0.15, -0.1) is 5.10 Å². The predicted octanol–water partition coefficient (Wildman–Crippen LogP) is 7.72. The highest BCUT2D eigenvalue weighted by Gasteiger charge is 2.41. The first-order valence-electron chi connectivity index (χ1n) is 15.1. The molecule has 214 valence electrons. The smallest absolute Gasteiger partial charge is 0.151 e. The van der Waals surface area contributed by atoms with Crippen molar-refractivity contribution >= 4 is 16.7 Å². The summed E-state index contributed by atoms with van der Waals surface area (Å²) in [5.74, 6) is 1.71. The Hall–Kier alpha value is -4.97. The van der Waals surface area contributed by atoms with Crippen molar-refractivity contribution in [1.82, 2.24) is 20.0 Å². The van der Waals surface area contributed by atoms with Crippen LogP contribution in [0.1, 0.15) is 43.4 Å². The van der Waals surface area contributed by atoms with Crippen LogP contribution in [0.25, 0.3) is 22.2 Å². The molecule has 0 unspecified atom stereocenters. The van der Waals surface area contributed by atoms with Gasteiger partial charge in [-0.05, 0) is 67.6 Å². The standard InChI is InChI=1S/C37H35N5O/c1-27(2)43-32-20-21-34-33(25-32)36(28-24-35(39-38-26-28)41-22-12-13-23-41)40-42(34)37(29-14-6-3-7-15-29,30-16-8-4-9-17-30)31-18-10-5-11-19-31/h3-11,14-21,24-27H,12-13,22-23H2,1-2H3. The minimum absolute atomic E-state index is 0.0531. The fourth-order valence-corrected chi connectivity index (χ4v) is 6.40. The first-order valence-corrected chi connectivity index (χ1v) is 15.1. The average Bonchev–Trinajstić information content (AvgIpc) is 3.72. The van der Waals surface area contributed by atoms with Crippen molar-refractivity contribution in [2.75, 3.05) is 18.0 Å². The number of hydrogen-bond donors (Lipinski definition) is 0. The maximum absolute atomic E-state index is 6.19. The molecule has 1 aliphatic heterocycles. The number of anilines is 1. The second-order valence-corrected chi connectivity index (χ2v) is 11.4. The summed E-state index contributed by atoms with van der Waals surface area (Å²) < 4.78 is 8.39. The molecule has 1 aliphatic rings. The maximum atomic E-state index is 6.19. The molecule has 1 saturated heterocycles. The Balaban J connectivity index is 1.56. The van der Waals surface area contributed by atoms with Crippen molar-refractivity contribution in [2.45, 2.75) is 38.3 Å². The summed E-state index contributed by atoms with van der Waals surface area (Å²) in [6.07, 6.45) is 4.23. The van der Waals surface area contributed by atoms with Crippen molar-refractivity contribution < 1.29 is 4.74 Å². The quantitative estimate of drug-likeness (QED) is 0.177. The molecule has 4 aromatic carbocycles. The minimum Gasteiger partial charge on any atom is -0.491 e. The van der Waals surface area contributed by atoms with Crippen LogP contribution >= 0.6 is 0 Å². The van der Waals surface area contributed by atoms with Gasteiger partial charge in [0.25, 0.3) is 0 Å². The number of benzene rings is 4. The third-order valence-electron chi connectivity index (χ3n) is 8.26. The monoisotopic (exact) mass is 565 g/mol. The van der Waals surface area contributed by atoms with E-state index in [9.17, 15) is 0 Å². The van der Waals surface area contributed by atoms with E-state index >= 15 is 0 Å². The molecular weight excluding hydrogens is 530 g/mol. The van der Waals surface area contributed by atoms with Crippen molar-refractivity contribution in [3.05, 3.63) is 138 Å². The third-order valence-corrected chi connectivity index (χ3v) is 8.26. The minimum atomic E-state index is -0.751. The van der Waals surface area contributed by atoms with Crippen LogP contribution < -0.4 is 9.64 Å². The lowest BCUT2D eigenvalue weighted by atomic mass is 9.77. The summed E-state index contributed by atoms with van der Waals surface area (Å²) in [4.78, 5) is 2.31. The summed E-state index contributed by atoms with van der Waals surface area (Å²) in [7, 11) is 0. The Kier molecular flexibility index (Phi) is 7.11. The molecule has 6 aromatic rings. The number of nitrogens with zero attached hydrogens (tertiary/aromatic N) is 5. The normalized spacial score (nSPS) is 13.6. The molecule has 0 saturated carbocycles. The molecular formula is C37H35N5O. The molecule has 2 aromatic heterocycles.